The van der Waals surface area contributed by atoms with Crippen molar-refractivity contribution in [3.8, 4) is 0 Å². The van der Waals surface area contributed by atoms with Gasteiger partial charge in [-0.15, -0.1) is 0 Å². The fraction of sp³-hybridized carbons (Fsp3) is 0.290. The number of ketones is 1. The molecule has 0 bridgehead atoms. The van der Waals surface area contributed by atoms with Crippen molar-refractivity contribution in [1.29, 1.82) is 0 Å². The normalized spacial score (nSPS) is 16.9. The van der Waals surface area contributed by atoms with E-state index in [1.807, 2.05) is 108 Å². The van der Waals surface area contributed by atoms with Crippen LogP contribution in [0.4, 0.5) is 0 Å². The second-order valence-corrected chi connectivity index (χ2v) is 9.35. The van der Waals surface area contributed by atoms with Crippen molar-refractivity contribution in [2.24, 2.45) is 0 Å². The third-order valence-corrected chi connectivity index (χ3v) is 5.74. The van der Waals surface area contributed by atoms with Crippen LogP contribution in [0, 0.1) is 20.8 Å². The predicted molar refractivity (Wildman–Crippen MR) is 148 cm³/mol. The van der Waals surface area contributed by atoms with Crippen LogP contribution in [0.1, 0.15) is 39.8 Å². The Bertz CT molecular complexity index is 1160. The van der Waals surface area contributed by atoms with E-state index in [0.717, 1.165) is 28.1 Å². The van der Waals surface area contributed by atoms with Crippen molar-refractivity contribution in [1.82, 2.24) is 14.8 Å². The topological polar surface area (TPSA) is 36.4 Å². The lowest BCUT2D eigenvalue weighted by Gasteiger charge is -2.36. The van der Waals surface area contributed by atoms with E-state index in [-0.39, 0.29) is 11.8 Å². The number of allylic oxidation sites excluding steroid dienone is 5. The predicted octanol–water partition coefficient (Wildman–Crippen LogP) is 6.38. The highest BCUT2D eigenvalue weighted by atomic mass is 16.1. The van der Waals surface area contributed by atoms with Gasteiger partial charge in [-0.05, 0) is 89.3 Å². The van der Waals surface area contributed by atoms with E-state index in [4.69, 9.17) is 0 Å². The van der Waals surface area contributed by atoms with Gasteiger partial charge in [-0.3, -0.25) is 9.78 Å². The fourth-order valence-corrected chi connectivity index (χ4v) is 3.71. The van der Waals surface area contributed by atoms with Crippen LogP contribution in [0.25, 0.3) is 0 Å². The quantitative estimate of drug-likeness (QED) is 0.363. The summed E-state index contributed by atoms with van der Waals surface area (Å²) in [6.45, 7) is 16.8. The largest absolute Gasteiger partial charge is 0.364 e. The van der Waals surface area contributed by atoms with Crippen LogP contribution in [-0.2, 0) is 6.54 Å². The summed E-state index contributed by atoms with van der Waals surface area (Å²) in [5, 5.41) is 0. The van der Waals surface area contributed by atoms with Crippen LogP contribution in [0.3, 0.4) is 0 Å². The number of benzene rings is 1. The molecule has 3 rings (SSSR count). The van der Waals surface area contributed by atoms with Gasteiger partial charge in [0.25, 0.3) is 0 Å². The second-order valence-electron chi connectivity index (χ2n) is 9.35. The van der Waals surface area contributed by atoms with Crippen LogP contribution in [0.5, 0.6) is 0 Å². The molecule has 0 saturated heterocycles. The molecule has 0 N–H and O–H groups in total. The molecule has 35 heavy (non-hydrogen) atoms. The SMILES string of the molecule is C=C/C=C\C=C1\C(=C)C(C(=O)c2ccc(C)c(C)c2)=CN(Cc2cccc(C)n2)C1C.CN(C)C. The summed E-state index contributed by atoms with van der Waals surface area (Å²) >= 11 is 0. The molecule has 0 fully saturated rings. The smallest absolute Gasteiger partial charge is 0.195 e. The Labute approximate surface area is 211 Å². The molecule has 4 nitrogen and oxygen atoms in total. The summed E-state index contributed by atoms with van der Waals surface area (Å²) in [7, 11) is 6.00. The Balaban J connectivity index is 0.00000100. The maximum Gasteiger partial charge on any atom is 0.195 e. The summed E-state index contributed by atoms with van der Waals surface area (Å²) in [6.07, 6.45) is 9.52. The number of hydrogen-bond donors (Lipinski definition) is 0. The van der Waals surface area contributed by atoms with E-state index in [9.17, 15) is 4.79 Å². The highest BCUT2D eigenvalue weighted by Crippen LogP contribution is 2.33. The summed E-state index contributed by atoms with van der Waals surface area (Å²) in [5.74, 6) is -0.0131. The molecule has 2 aromatic rings. The van der Waals surface area contributed by atoms with Gasteiger partial charge in [0.05, 0.1) is 18.3 Å². The molecule has 184 valence electrons. The number of carbonyl (C=O) groups excluding carboxylic acids is 1. The minimum atomic E-state index is -0.0131. The minimum absolute atomic E-state index is 0.0131. The molecule has 1 aliphatic rings. The molecular formula is C31H39N3O. The summed E-state index contributed by atoms with van der Waals surface area (Å²) in [4.78, 5) is 22.3. The number of carbonyl (C=O) groups is 1. The molecule has 0 radical (unpaired) electrons. The first-order chi connectivity index (χ1) is 16.5. The van der Waals surface area contributed by atoms with Crippen LogP contribution in [0.2, 0.25) is 0 Å². The minimum Gasteiger partial charge on any atom is -0.364 e. The van der Waals surface area contributed by atoms with Gasteiger partial charge in [-0.2, -0.15) is 0 Å². The molecule has 0 aliphatic carbocycles. The van der Waals surface area contributed by atoms with Crippen LogP contribution < -0.4 is 0 Å². The van der Waals surface area contributed by atoms with Crippen LogP contribution in [0.15, 0.2) is 96.8 Å². The molecule has 1 aliphatic heterocycles. The van der Waals surface area contributed by atoms with Crippen molar-refractivity contribution in [3.05, 3.63) is 125 Å². The Hall–Kier alpha value is -3.50. The van der Waals surface area contributed by atoms with Gasteiger partial charge in [0, 0.05) is 23.0 Å². The molecule has 1 aromatic heterocycles. The lowest BCUT2D eigenvalue weighted by Crippen LogP contribution is -2.35. The van der Waals surface area contributed by atoms with Gasteiger partial charge in [-0.1, -0.05) is 55.7 Å². The summed E-state index contributed by atoms with van der Waals surface area (Å²) in [5.41, 5.74) is 7.29. The highest BCUT2D eigenvalue weighted by molar-refractivity contribution is 6.12. The fourth-order valence-electron chi connectivity index (χ4n) is 3.71. The maximum atomic E-state index is 13.5. The van der Waals surface area contributed by atoms with Gasteiger partial charge in [-0.25, -0.2) is 0 Å². The first kappa shape index (κ1) is 27.7. The van der Waals surface area contributed by atoms with Crippen molar-refractivity contribution >= 4 is 5.78 Å². The number of Topliss-reactive ketones (excluding diaryl/α,β-unsaturated/α-hetero) is 1. The Kier molecular flexibility index (Phi) is 10.2. The van der Waals surface area contributed by atoms with E-state index in [1.165, 1.54) is 5.56 Å². The number of rotatable bonds is 6. The maximum absolute atomic E-state index is 13.5. The zero-order valence-corrected chi connectivity index (χ0v) is 22.3. The van der Waals surface area contributed by atoms with Crippen LogP contribution >= 0.6 is 0 Å². The van der Waals surface area contributed by atoms with Gasteiger partial charge in [0.1, 0.15) is 0 Å². The number of pyridine rings is 1. The molecule has 1 atom stereocenters. The number of hydrogen-bond acceptors (Lipinski definition) is 4. The summed E-state index contributed by atoms with van der Waals surface area (Å²) in [6, 6.07) is 11.9. The van der Waals surface area contributed by atoms with Gasteiger partial charge in [0.2, 0.25) is 0 Å². The van der Waals surface area contributed by atoms with E-state index in [2.05, 4.69) is 30.0 Å². The second kappa shape index (κ2) is 12.8. The van der Waals surface area contributed by atoms with Gasteiger partial charge >= 0.3 is 0 Å². The molecule has 1 aromatic carbocycles. The number of aryl methyl sites for hydroxylation is 3. The van der Waals surface area contributed by atoms with Crippen molar-refractivity contribution in [2.75, 3.05) is 21.1 Å². The van der Waals surface area contributed by atoms with E-state index < -0.39 is 0 Å². The van der Waals surface area contributed by atoms with Gasteiger partial charge in [0.15, 0.2) is 5.78 Å². The third kappa shape index (κ3) is 7.76. The van der Waals surface area contributed by atoms with Crippen molar-refractivity contribution < 1.29 is 4.79 Å². The lowest BCUT2D eigenvalue weighted by atomic mass is 9.85. The molecule has 2 heterocycles. The first-order valence-corrected chi connectivity index (χ1v) is 11.9. The zero-order valence-electron chi connectivity index (χ0n) is 22.3. The summed E-state index contributed by atoms with van der Waals surface area (Å²) < 4.78 is 0. The Morgan fingerprint density at radius 2 is 1.77 bits per heavy atom. The van der Waals surface area contributed by atoms with Crippen molar-refractivity contribution in [2.45, 2.75) is 40.3 Å². The average Bonchev–Trinajstić information content (AvgIpc) is 2.79. The van der Waals surface area contributed by atoms with E-state index in [0.29, 0.717) is 17.7 Å². The molecule has 0 saturated carbocycles. The number of aromatic nitrogens is 1. The van der Waals surface area contributed by atoms with Gasteiger partial charge < -0.3 is 9.80 Å². The van der Waals surface area contributed by atoms with Crippen LogP contribution in [-0.4, -0.2) is 47.8 Å². The third-order valence-electron chi connectivity index (χ3n) is 5.74. The van der Waals surface area contributed by atoms with Crippen molar-refractivity contribution in [3.63, 3.8) is 0 Å². The zero-order chi connectivity index (χ0) is 26.1. The molecule has 0 amide bonds. The van der Waals surface area contributed by atoms with E-state index in [1.54, 1.807) is 6.08 Å². The average molecular weight is 470 g/mol. The Morgan fingerprint density at radius 1 is 1.09 bits per heavy atom. The van der Waals surface area contributed by atoms with E-state index >= 15 is 0 Å². The molecular weight excluding hydrogens is 430 g/mol. The number of nitrogens with zero attached hydrogens (tertiary/aromatic N) is 3. The monoisotopic (exact) mass is 469 g/mol. The molecule has 1 unspecified atom stereocenters. The molecule has 4 heteroatoms. The standard InChI is InChI=1S/C28H30N2O.C3H9N/c1-7-8-9-13-26-22(5)27(28(31)24-15-14-19(2)20(3)16-24)18-30(23(26)6)17-25-12-10-11-21(4)29-25;1-4(2)3/h7-16,18,23H,1,5,17H2,2-4,6H3;1-3H3/b9-8-,26-13-;. The lowest BCUT2D eigenvalue weighted by molar-refractivity contribution is 0.103. The highest BCUT2D eigenvalue weighted by Gasteiger charge is 2.29. The molecule has 0 spiro atoms. The Morgan fingerprint density at radius 3 is 2.37 bits per heavy atom. The first-order valence-electron chi connectivity index (χ1n) is 11.9.